The molecule has 3 rings (SSSR count). The lowest BCUT2D eigenvalue weighted by Gasteiger charge is -2.33. The monoisotopic (exact) mass is 375 g/mol. The molecule has 0 saturated carbocycles. The van der Waals surface area contributed by atoms with Crippen molar-refractivity contribution in [2.24, 2.45) is 0 Å². The molecule has 148 valence electrons. The minimum atomic E-state index is -0.157. The molecule has 1 aromatic rings. The quantitative estimate of drug-likeness (QED) is 0.788. The van der Waals surface area contributed by atoms with E-state index in [-0.39, 0.29) is 24.0 Å². The summed E-state index contributed by atoms with van der Waals surface area (Å²) in [6, 6.07) is 7.57. The van der Waals surface area contributed by atoms with Crippen LogP contribution in [0.2, 0.25) is 0 Å². The number of carbonyl (C=O) groups excluding carboxylic acids is 2. The maximum Gasteiger partial charge on any atom is 0.317 e. The van der Waals surface area contributed by atoms with Crippen molar-refractivity contribution >= 4 is 17.6 Å². The predicted octanol–water partition coefficient (Wildman–Crippen LogP) is 0.509. The third kappa shape index (κ3) is 4.71. The fourth-order valence-electron chi connectivity index (χ4n) is 3.87. The topological polar surface area (TPSA) is 66.3 Å². The fraction of sp³-hybridized carbons (Fsp3) is 0.600. The number of urea groups is 1. The highest BCUT2D eigenvalue weighted by molar-refractivity contribution is 5.96. The summed E-state index contributed by atoms with van der Waals surface area (Å²) in [4.78, 5) is 30.1. The van der Waals surface area contributed by atoms with Crippen molar-refractivity contribution in [3.63, 3.8) is 0 Å². The van der Waals surface area contributed by atoms with E-state index in [1.54, 1.807) is 4.90 Å². The number of piperidine rings is 1. The zero-order valence-electron chi connectivity index (χ0n) is 16.5. The highest BCUT2D eigenvalue weighted by atomic mass is 16.5. The standard InChI is InChI=1S/C20H30N4O3/c1-4-27-18-7-5-17(6-8-18)24-14-15(13-19(24)25)21-20(26)23(3)16-9-11-22(2)12-10-16/h5-8,15-16H,4,9-14H2,1-3H3,(H,21,26)/p+1/t15-/m1/s1. The van der Waals surface area contributed by atoms with Crippen LogP contribution in [0, 0.1) is 0 Å². The smallest absolute Gasteiger partial charge is 0.317 e. The van der Waals surface area contributed by atoms with Gasteiger partial charge in [-0.05, 0) is 31.2 Å². The van der Waals surface area contributed by atoms with Crippen LogP contribution in [-0.4, -0.2) is 69.3 Å². The van der Waals surface area contributed by atoms with Crippen LogP contribution in [0.3, 0.4) is 0 Å². The third-order valence-electron chi connectivity index (χ3n) is 5.59. The van der Waals surface area contributed by atoms with E-state index in [4.69, 9.17) is 4.74 Å². The van der Waals surface area contributed by atoms with Crippen LogP contribution in [0.25, 0.3) is 0 Å². The number of amides is 3. The first-order chi connectivity index (χ1) is 13.0. The van der Waals surface area contributed by atoms with Crippen molar-refractivity contribution in [3.05, 3.63) is 24.3 Å². The third-order valence-corrected chi connectivity index (χ3v) is 5.59. The van der Waals surface area contributed by atoms with E-state index in [1.165, 1.54) is 4.90 Å². The summed E-state index contributed by atoms with van der Waals surface area (Å²) in [5, 5.41) is 3.04. The number of nitrogens with one attached hydrogen (secondary N) is 2. The summed E-state index contributed by atoms with van der Waals surface area (Å²) in [5.41, 5.74) is 0.840. The summed E-state index contributed by atoms with van der Waals surface area (Å²) in [6.45, 7) is 5.24. The van der Waals surface area contributed by atoms with E-state index in [0.717, 1.165) is 37.4 Å². The van der Waals surface area contributed by atoms with Crippen LogP contribution >= 0.6 is 0 Å². The van der Waals surface area contributed by atoms with E-state index >= 15 is 0 Å². The number of ether oxygens (including phenoxy) is 1. The first-order valence-corrected chi connectivity index (χ1v) is 9.85. The molecule has 3 amide bonds. The molecule has 0 aliphatic carbocycles. The molecule has 7 nitrogen and oxygen atoms in total. The number of nitrogens with zero attached hydrogens (tertiary/aromatic N) is 2. The number of quaternary nitrogens is 1. The Labute approximate surface area is 161 Å². The molecule has 0 unspecified atom stereocenters. The average molecular weight is 375 g/mol. The molecule has 0 spiro atoms. The highest BCUT2D eigenvalue weighted by Crippen LogP contribution is 2.24. The summed E-state index contributed by atoms with van der Waals surface area (Å²) in [6.07, 6.45) is 2.39. The van der Waals surface area contributed by atoms with Gasteiger partial charge >= 0.3 is 6.03 Å². The molecule has 0 radical (unpaired) electrons. The Morgan fingerprint density at radius 3 is 2.59 bits per heavy atom. The Hall–Kier alpha value is -2.28. The second kappa shape index (κ2) is 8.61. The van der Waals surface area contributed by atoms with Crippen LogP contribution in [0.1, 0.15) is 26.2 Å². The number of anilines is 1. The van der Waals surface area contributed by atoms with Gasteiger partial charge in [0.1, 0.15) is 5.75 Å². The van der Waals surface area contributed by atoms with Crippen molar-refractivity contribution < 1.29 is 19.2 Å². The Morgan fingerprint density at radius 2 is 1.96 bits per heavy atom. The molecular weight excluding hydrogens is 344 g/mol. The zero-order chi connectivity index (χ0) is 19.4. The van der Waals surface area contributed by atoms with E-state index < -0.39 is 0 Å². The normalized spacial score (nSPS) is 25.4. The van der Waals surface area contributed by atoms with Gasteiger partial charge in [-0.3, -0.25) is 4.79 Å². The molecule has 2 aliphatic rings. The molecule has 0 bridgehead atoms. The van der Waals surface area contributed by atoms with Crippen LogP contribution in [0.4, 0.5) is 10.5 Å². The van der Waals surface area contributed by atoms with Crippen molar-refractivity contribution in [3.8, 4) is 5.75 Å². The largest absolute Gasteiger partial charge is 0.494 e. The van der Waals surface area contributed by atoms with Crippen molar-refractivity contribution in [2.75, 3.05) is 45.2 Å². The van der Waals surface area contributed by atoms with Crippen LogP contribution in [0.15, 0.2) is 24.3 Å². The van der Waals surface area contributed by atoms with Gasteiger partial charge in [0.05, 0.1) is 32.8 Å². The minimum Gasteiger partial charge on any atom is -0.494 e. The van der Waals surface area contributed by atoms with Gasteiger partial charge in [0.25, 0.3) is 0 Å². The number of hydrogen-bond donors (Lipinski definition) is 2. The van der Waals surface area contributed by atoms with Gasteiger partial charge < -0.3 is 24.8 Å². The maximum atomic E-state index is 12.6. The molecule has 0 aromatic heterocycles. The highest BCUT2D eigenvalue weighted by Gasteiger charge is 2.33. The molecular formula is C20H31N4O3+. The lowest BCUT2D eigenvalue weighted by molar-refractivity contribution is -0.885. The SMILES string of the molecule is CCOc1ccc(N2C[C@H](NC(=O)N(C)C3CC[NH+](C)CC3)CC2=O)cc1. The van der Waals surface area contributed by atoms with Crippen LogP contribution in [-0.2, 0) is 4.79 Å². The van der Waals surface area contributed by atoms with Gasteiger partial charge in [-0.25, -0.2) is 4.79 Å². The summed E-state index contributed by atoms with van der Waals surface area (Å²) < 4.78 is 5.45. The van der Waals surface area contributed by atoms with Crippen molar-refractivity contribution in [1.29, 1.82) is 0 Å². The number of hydrogen-bond acceptors (Lipinski definition) is 3. The number of rotatable bonds is 5. The second-order valence-electron chi connectivity index (χ2n) is 7.58. The van der Waals surface area contributed by atoms with Crippen molar-refractivity contribution in [2.45, 2.75) is 38.3 Å². The van der Waals surface area contributed by atoms with Crippen molar-refractivity contribution in [1.82, 2.24) is 10.2 Å². The molecule has 2 saturated heterocycles. The molecule has 7 heteroatoms. The van der Waals surface area contributed by atoms with Gasteiger partial charge in [0.15, 0.2) is 0 Å². The van der Waals surface area contributed by atoms with Gasteiger partial charge in [-0.1, -0.05) is 0 Å². The Morgan fingerprint density at radius 1 is 1.30 bits per heavy atom. The first-order valence-electron chi connectivity index (χ1n) is 9.85. The molecule has 1 aromatic carbocycles. The predicted molar refractivity (Wildman–Crippen MR) is 104 cm³/mol. The maximum absolute atomic E-state index is 12.6. The molecule has 2 fully saturated rings. The summed E-state index contributed by atoms with van der Waals surface area (Å²) in [5.74, 6) is 0.828. The van der Waals surface area contributed by atoms with Gasteiger partial charge in [-0.15, -0.1) is 0 Å². The Bertz CT molecular complexity index is 656. The van der Waals surface area contributed by atoms with Gasteiger partial charge in [0, 0.05) is 44.6 Å². The summed E-state index contributed by atoms with van der Waals surface area (Å²) >= 11 is 0. The molecule has 27 heavy (non-hydrogen) atoms. The van der Waals surface area contributed by atoms with E-state index in [0.29, 0.717) is 19.6 Å². The molecule has 2 N–H and O–H groups in total. The van der Waals surface area contributed by atoms with Crippen LogP contribution < -0.4 is 19.9 Å². The van der Waals surface area contributed by atoms with E-state index in [2.05, 4.69) is 12.4 Å². The number of carbonyl (C=O) groups is 2. The van der Waals surface area contributed by atoms with E-state index in [9.17, 15) is 9.59 Å². The van der Waals surface area contributed by atoms with Crippen LogP contribution in [0.5, 0.6) is 5.75 Å². The Kier molecular flexibility index (Phi) is 6.21. The fourth-order valence-corrected chi connectivity index (χ4v) is 3.87. The Balaban J connectivity index is 1.54. The first kappa shape index (κ1) is 19.5. The lowest BCUT2D eigenvalue weighted by Crippen LogP contribution is -3.10. The summed E-state index contributed by atoms with van der Waals surface area (Å²) in [7, 11) is 4.05. The lowest BCUT2D eigenvalue weighted by atomic mass is 10.0. The molecule has 2 aliphatic heterocycles. The van der Waals surface area contributed by atoms with Gasteiger partial charge in [-0.2, -0.15) is 0 Å². The van der Waals surface area contributed by atoms with E-state index in [1.807, 2.05) is 43.1 Å². The second-order valence-corrected chi connectivity index (χ2v) is 7.58. The minimum absolute atomic E-state index is 0.0370. The number of benzene rings is 1. The number of likely N-dealkylation sites (tertiary alicyclic amines) is 1. The average Bonchev–Trinajstić information content (AvgIpc) is 3.02. The van der Waals surface area contributed by atoms with Gasteiger partial charge in [0.2, 0.25) is 5.91 Å². The molecule has 1 atom stereocenters. The zero-order valence-corrected chi connectivity index (χ0v) is 16.5. The molecule has 2 heterocycles.